The molecule has 0 aliphatic carbocycles. The molecule has 2 N–H and O–H groups in total. The van der Waals surface area contributed by atoms with E-state index in [0.717, 1.165) is 0 Å². The summed E-state index contributed by atoms with van der Waals surface area (Å²) in [6.07, 6.45) is -0.164. The quantitative estimate of drug-likeness (QED) is 0.529. The van der Waals surface area contributed by atoms with Gasteiger partial charge >= 0.3 is 11.9 Å². The number of ether oxygens (including phenoxy) is 3. The van der Waals surface area contributed by atoms with E-state index in [4.69, 9.17) is 14.2 Å². The summed E-state index contributed by atoms with van der Waals surface area (Å²) in [4.78, 5) is 23.2. The van der Waals surface area contributed by atoms with E-state index in [2.05, 4.69) is 0 Å². The minimum atomic E-state index is -1.22. The first-order valence-corrected chi connectivity index (χ1v) is 8.33. The lowest BCUT2D eigenvalue weighted by molar-refractivity contribution is -0.765. The predicted octanol–water partition coefficient (Wildman–Crippen LogP) is 0.113. The minimum Gasteiger partial charge on any atom is -0.463 e. The molecule has 8 heteroatoms. The summed E-state index contributed by atoms with van der Waals surface area (Å²) in [7, 11) is 0. The largest absolute Gasteiger partial charge is 0.463 e. The Bertz CT molecular complexity index is 606. The van der Waals surface area contributed by atoms with Gasteiger partial charge in [0, 0.05) is 12.5 Å². The van der Waals surface area contributed by atoms with Crippen LogP contribution in [-0.4, -0.2) is 53.7 Å². The summed E-state index contributed by atoms with van der Waals surface area (Å²) in [5, 5.41) is 20.3. The van der Waals surface area contributed by atoms with Crippen molar-refractivity contribution in [2.45, 2.75) is 51.2 Å². The van der Waals surface area contributed by atoms with Gasteiger partial charge in [0.25, 0.3) is 6.23 Å². The van der Waals surface area contributed by atoms with E-state index in [0.29, 0.717) is 18.6 Å². The Kier molecular flexibility index (Phi) is 6.86. The lowest BCUT2D eigenvalue weighted by Gasteiger charge is -2.13. The van der Waals surface area contributed by atoms with Gasteiger partial charge in [-0.25, -0.2) is 4.79 Å². The molecule has 1 aromatic heterocycles. The monoisotopic (exact) mass is 354 g/mol. The van der Waals surface area contributed by atoms with E-state index in [1.54, 1.807) is 25.3 Å². The SMILES string of the molecule is CCCOC(=O)c1ccc[n+]([C@@H]2O[C@H](COC(=O)CC)[C@@H](O)[C@H]2O)c1. The molecule has 0 radical (unpaired) electrons. The molecule has 2 rings (SSSR count). The van der Waals surface area contributed by atoms with E-state index >= 15 is 0 Å². The van der Waals surface area contributed by atoms with E-state index in [9.17, 15) is 19.8 Å². The zero-order chi connectivity index (χ0) is 18.4. The second-order valence-electron chi connectivity index (χ2n) is 5.76. The van der Waals surface area contributed by atoms with E-state index < -0.39 is 36.5 Å². The van der Waals surface area contributed by atoms with E-state index in [1.807, 2.05) is 6.92 Å². The molecule has 0 spiro atoms. The van der Waals surface area contributed by atoms with Gasteiger partial charge in [0.2, 0.25) is 0 Å². The average Bonchev–Trinajstić information content (AvgIpc) is 2.92. The second-order valence-corrected chi connectivity index (χ2v) is 5.76. The zero-order valence-corrected chi connectivity index (χ0v) is 14.3. The lowest BCUT2D eigenvalue weighted by atomic mass is 10.1. The molecule has 1 aliphatic rings. The van der Waals surface area contributed by atoms with Crippen LogP contribution in [0.2, 0.25) is 0 Å². The first-order valence-electron chi connectivity index (χ1n) is 8.33. The molecular weight excluding hydrogens is 330 g/mol. The second kappa shape index (κ2) is 8.89. The number of aliphatic hydroxyl groups is 2. The van der Waals surface area contributed by atoms with Crippen LogP contribution in [0.15, 0.2) is 24.5 Å². The summed E-state index contributed by atoms with van der Waals surface area (Å²) in [5.74, 6) is -0.889. The van der Waals surface area contributed by atoms with Gasteiger partial charge in [-0.1, -0.05) is 13.8 Å². The first-order chi connectivity index (χ1) is 12.0. The minimum absolute atomic E-state index is 0.153. The third-order valence-electron chi connectivity index (χ3n) is 3.82. The fourth-order valence-corrected chi connectivity index (χ4v) is 2.44. The van der Waals surface area contributed by atoms with Crippen molar-refractivity contribution >= 4 is 11.9 Å². The molecule has 0 unspecified atom stereocenters. The van der Waals surface area contributed by atoms with Crippen LogP contribution in [0.5, 0.6) is 0 Å². The van der Waals surface area contributed by atoms with E-state index in [-0.39, 0.29) is 13.0 Å². The molecule has 1 fully saturated rings. The van der Waals surface area contributed by atoms with Crippen LogP contribution in [0.3, 0.4) is 0 Å². The Morgan fingerprint density at radius 2 is 2.00 bits per heavy atom. The third kappa shape index (κ3) is 4.75. The highest BCUT2D eigenvalue weighted by molar-refractivity contribution is 5.88. The number of carbonyl (C=O) groups is 2. The molecule has 8 nitrogen and oxygen atoms in total. The number of hydrogen-bond donors (Lipinski definition) is 2. The molecule has 1 saturated heterocycles. The van der Waals surface area contributed by atoms with Crippen molar-refractivity contribution in [3.05, 3.63) is 30.1 Å². The van der Waals surface area contributed by atoms with Crippen LogP contribution >= 0.6 is 0 Å². The van der Waals surface area contributed by atoms with Crippen LogP contribution < -0.4 is 4.57 Å². The maximum atomic E-state index is 11.9. The summed E-state index contributed by atoms with van der Waals surface area (Å²) < 4.78 is 17.1. The van der Waals surface area contributed by atoms with E-state index in [1.165, 1.54) is 10.8 Å². The molecule has 138 valence electrons. The van der Waals surface area contributed by atoms with Crippen LogP contribution in [0.1, 0.15) is 43.3 Å². The van der Waals surface area contributed by atoms with Crippen LogP contribution in [-0.2, 0) is 19.0 Å². The fraction of sp³-hybridized carbons (Fsp3) is 0.588. The predicted molar refractivity (Wildman–Crippen MR) is 84.4 cm³/mol. The number of aliphatic hydroxyl groups excluding tert-OH is 2. The number of rotatable bonds is 7. The van der Waals surface area contributed by atoms with Gasteiger partial charge in [0.05, 0.1) is 6.61 Å². The molecule has 1 aliphatic heterocycles. The van der Waals surface area contributed by atoms with Gasteiger partial charge in [-0.05, 0) is 12.5 Å². The highest BCUT2D eigenvalue weighted by atomic mass is 16.6. The van der Waals surface area contributed by atoms with Crippen molar-refractivity contribution < 1.29 is 38.6 Å². The van der Waals surface area contributed by atoms with Crippen molar-refractivity contribution in [3.63, 3.8) is 0 Å². The molecule has 1 aromatic rings. The zero-order valence-electron chi connectivity index (χ0n) is 14.3. The molecule has 25 heavy (non-hydrogen) atoms. The van der Waals surface area contributed by atoms with Crippen molar-refractivity contribution in [1.82, 2.24) is 0 Å². The number of hydrogen-bond acceptors (Lipinski definition) is 7. The fourth-order valence-electron chi connectivity index (χ4n) is 2.44. The molecule has 0 amide bonds. The molecule has 0 saturated carbocycles. The van der Waals surface area contributed by atoms with Crippen molar-refractivity contribution in [2.75, 3.05) is 13.2 Å². The summed E-state index contributed by atoms with van der Waals surface area (Å²) in [6.45, 7) is 3.72. The smallest absolute Gasteiger partial charge is 0.344 e. The van der Waals surface area contributed by atoms with Gasteiger partial charge in [-0.15, -0.1) is 0 Å². The van der Waals surface area contributed by atoms with Crippen LogP contribution in [0.4, 0.5) is 0 Å². The number of esters is 2. The lowest BCUT2D eigenvalue weighted by Crippen LogP contribution is -2.46. The van der Waals surface area contributed by atoms with Crippen LogP contribution in [0, 0.1) is 0 Å². The van der Waals surface area contributed by atoms with Gasteiger partial charge in [0.1, 0.15) is 24.4 Å². The van der Waals surface area contributed by atoms with Crippen molar-refractivity contribution in [2.24, 2.45) is 0 Å². The highest BCUT2D eigenvalue weighted by Crippen LogP contribution is 2.25. The van der Waals surface area contributed by atoms with Crippen molar-refractivity contribution in [3.8, 4) is 0 Å². The number of nitrogens with zero attached hydrogens (tertiary/aromatic N) is 1. The molecular formula is C17H24NO7+. The topological polar surface area (TPSA) is 106 Å². The molecule has 0 aromatic carbocycles. The normalized spacial score (nSPS) is 25.6. The molecule has 2 heterocycles. The Morgan fingerprint density at radius 3 is 2.68 bits per heavy atom. The Morgan fingerprint density at radius 1 is 1.24 bits per heavy atom. The van der Waals surface area contributed by atoms with Gasteiger partial charge in [0.15, 0.2) is 18.5 Å². The first kappa shape index (κ1) is 19.3. The van der Waals surface area contributed by atoms with Crippen molar-refractivity contribution in [1.29, 1.82) is 0 Å². The maximum absolute atomic E-state index is 11.9. The van der Waals surface area contributed by atoms with Crippen LogP contribution in [0.25, 0.3) is 0 Å². The molecule has 0 bridgehead atoms. The Hall–Kier alpha value is -2.03. The maximum Gasteiger partial charge on any atom is 0.344 e. The third-order valence-corrected chi connectivity index (χ3v) is 3.82. The van der Waals surface area contributed by atoms with Gasteiger partial charge in [-0.3, -0.25) is 4.79 Å². The molecule has 4 atom stereocenters. The summed E-state index contributed by atoms with van der Waals surface area (Å²) in [6, 6.07) is 3.21. The van der Waals surface area contributed by atoms with Gasteiger partial charge in [-0.2, -0.15) is 4.57 Å². The number of pyridine rings is 1. The van der Waals surface area contributed by atoms with Gasteiger partial charge < -0.3 is 24.4 Å². The Labute approximate surface area is 145 Å². The highest BCUT2D eigenvalue weighted by Gasteiger charge is 2.48. The standard InChI is InChI=1S/C17H24NO7/c1-3-8-23-17(22)11-6-5-7-18(9-11)16-15(21)14(20)12(25-16)10-24-13(19)4-2/h5-7,9,12,14-16,20-21H,3-4,8,10H2,1-2H3/q+1/t12-,14-,15-,16-/m1/s1. The number of aromatic nitrogens is 1. The summed E-state index contributed by atoms with van der Waals surface area (Å²) >= 11 is 0. The summed E-state index contributed by atoms with van der Waals surface area (Å²) in [5.41, 5.74) is 0.308. The average molecular weight is 354 g/mol. The Balaban J connectivity index is 2.07. The number of carbonyl (C=O) groups excluding carboxylic acids is 2.